The number of sulfonamides is 1. The summed E-state index contributed by atoms with van der Waals surface area (Å²) in [5.41, 5.74) is -0.434. The number of carbonyl (C=O) groups is 1. The molecule has 8 nitrogen and oxygen atoms in total. The molecule has 1 amide bonds. The van der Waals surface area contributed by atoms with Crippen LogP contribution in [0.4, 0.5) is 23.2 Å². The van der Waals surface area contributed by atoms with Crippen LogP contribution in [0.25, 0.3) is 0 Å². The van der Waals surface area contributed by atoms with Crippen molar-refractivity contribution in [1.82, 2.24) is 9.62 Å². The van der Waals surface area contributed by atoms with E-state index >= 15 is 0 Å². The van der Waals surface area contributed by atoms with Gasteiger partial charge in [0.25, 0.3) is 0 Å². The maximum atomic E-state index is 13.1. The Balaban J connectivity index is 2.27. The van der Waals surface area contributed by atoms with Crippen molar-refractivity contribution in [1.29, 1.82) is 5.26 Å². The molecule has 1 aliphatic heterocycles. The van der Waals surface area contributed by atoms with Gasteiger partial charge in [0.15, 0.2) is 6.19 Å². The Morgan fingerprint density at radius 3 is 2.64 bits per heavy atom. The molecule has 0 spiro atoms. The molecule has 1 saturated heterocycles. The number of alkyl halides is 4. The Morgan fingerprint density at radius 1 is 1.43 bits per heavy atom. The minimum absolute atomic E-state index is 0.148. The third-order valence-electron chi connectivity index (χ3n) is 3.94. The van der Waals surface area contributed by atoms with Gasteiger partial charge in [-0.25, -0.2) is 21.9 Å². The van der Waals surface area contributed by atoms with Crippen LogP contribution in [0.5, 0.6) is 5.75 Å². The number of anilines is 1. The molecule has 1 aromatic carbocycles. The molecule has 154 valence electrons. The van der Waals surface area contributed by atoms with Gasteiger partial charge in [-0.05, 0) is 24.6 Å². The molecule has 1 heterocycles. The fourth-order valence-corrected chi connectivity index (χ4v) is 3.96. The van der Waals surface area contributed by atoms with Gasteiger partial charge >= 0.3 is 18.3 Å². The summed E-state index contributed by atoms with van der Waals surface area (Å²) in [5.74, 6) is -7.37. The molecule has 28 heavy (non-hydrogen) atoms. The fraction of sp³-hybridized carbons (Fsp3) is 0.467. The Hall–Kier alpha value is -2.59. The number of carbonyl (C=O) groups excluding carboxylic acids is 1. The Morgan fingerprint density at radius 2 is 2.11 bits per heavy atom. The second kappa shape index (κ2) is 8.19. The predicted molar refractivity (Wildman–Crippen MR) is 88.5 cm³/mol. The maximum absolute atomic E-state index is 13.1. The van der Waals surface area contributed by atoms with Crippen molar-refractivity contribution >= 4 is 21.6 Å². The molecule has 0 bridgehead atoms. The van der Waals surface area contributed by atoms with Crippen molar-refractivity contribution in [2.24, 2.45) is 0 Å². The highest BCUT2D eigenvalue weighted by Gasteiger charge is 2.49. The highest BCUT2D eigenvalue weighted by molar-refractivity contribution is 7.89. The maximum Gasteiger partial charge on any atom is 0.383 e. The zero-order valence-electron chi connectivity index (χ0n) is 14.5. The number of halogens is 4. The highest BCUT2D eigenvalue weighted by atomic mass is 32.2. The number of nitrogens with zero attached hydrogens (tertiary/aromatic N) is 2. The lowest BCUT2D eigenvalue weighted by Crippen LogP contribution is -2.41. The van der Waals surface area contributed by atoms with E-state index in [1.165, 1.54) is 12.0 Å². The number of nitriles is 1. The Labute approximate surface area is 158 Å². The smallest absolute Gasteiger partial charge is 0.383 e. The van der Waals surface area contributed by atoms with Crippen LogP contribution in [0.2, 0.25) is 0 Å². The third-order valence-corrected chi connectivity index (χ3v) is 5.48. The zero-order chi connectivity index (χ0) is 21.1. The van der Waals surface area contributed by atoms with Gasteiger partial charge in [-0.3, -0.25) is 4.79 Å². The number of nitrogens with one attached hydrogen (secondary N) is 2. The van der Waals surface area contributed by atoms with E-state index in [1.807, 2.05) is 6.19 Å². The van der Waals surface area contributed by atoms with E-state index in [9.17, 15) is 30.8 Å². The van der Waals surface area contributed by atoms with E-state index in [0.717, 1.165) is 18.2 Å². The van der Waals surface area contributed by atoms with Crippen molar-refractivity contribution < 1.29 is 35.5 Å². The summed E-state index contributed by atoms with van der Waals surface area (Å²) < 4.78 is 83.3. The van der Waals surface area contributed by atoms with Gasteiger partial charge in [0.05, 0.1) is 7.11 Å². The normalized spacial score (nSPS) is 17.5. The number of hydrogen-bond acceptors (Lipinski definition) is 6. The number of methoxy groups -OCH3 is 1. The van der Waals surface area contributed by atoms with Gasteiger partial charge in [0.2, 0.25) is 10.0 Å². The number of ether oxygens (including phenoxy) is 1. The van der Waals surface area contributed by atoms with Crippen LogP contribution in [0.15, 0.2) is 23.1 Å². The summed E-state index contributed by atoms with van der Waals surface area (Å²) in [6.45, 7) is 0.509. The number of rotatable bonds is 7. The Kier molecular flexibility index (Phi) is 6.35. The SMILES string of the molecule is COc1ccc(NC(=O)C(F)(F)C(F)F)cc1S(=O)(=O)N[C@@H]1CCN(C#N)C1. The molecule has 0 aromatic heterocycles. The average Bonchev–Trinajstić information content (AvgIpc) is 3.08. The van der Waals surface area contributed by atoms with Gasteiger partial charge < -0.3 is 15.0 Å². The standard InChI is InChI=1S/C15H16F4N4O4S/c1-27-11-3-2-9(21-14(24)15(18,19)13(16)17)6-12(11)28(25,26)22-10-4-5-23(7-10)8-20/h2-3,6,10,13,22H,4-5,7H2,1H3,(H,21,24)/t10-/m1/s1. The summed E-state index contributed by atoms with van der Waals surface area (Å²) in [6, 6.07) is 2.36. The molecule has 2 N–H and O–H groups in total. The summed E-state index contributed by atoms with van der Waals surface area (Å²) in [4.78, 5) is 12.2. The van der Waals surface area contributed by atoms with Crippen LogP contribution in [0.1, 0.15) is 6.42 Å². The van der Waals surface area contributed by atoms with E-state index in [4.69, 9.17) is 10.00 Å². The molecule has 0 radical (unpaired) electrons. The van der Waals surface area contributed by atoms with E-state index in [-0.39, 0.29) is 12.3 Å². The number of benzene rings is 1. The van der Waals surface area contributed by atoms with E-state index in [2.05, 4.69) is 4.72 Å². The summed E-state index contributed by atoms with van der Waals surface area (Å²) in [7, 11) is -3.06. The van der Waals surface area contributed by atoms with E-state index in [0.29, 0.717) is 13.0 Å². The van der Waals surface area contributed by atoms with Crippen LogP contribution < -0.4 is 14.8 Å². The summed E-state index contributed by atoms with van der Waals surface area (Å²) in [6.07, 6.45) is -1.96. The lowest BCUT2D eigenvalue weighted by atomic mass is 10.2. The summed E-state index contributed by atoms with van der Waals surface area (Å²) >= 11 is 0. The van der Waals surface area contributed by atoms with Crippen molar-refractivity contribution in [3.63, 3.8) is 0 Å². The van der Waals surface area contributed by atoms with Gasteiger partial charge in [0, 0.05) is 24.8 Å². The first-order valence-electron chi connectivity index (χ1n) is 7.83. The van der Waals surface area contributed by atoms with Crippen molar-refractivity contribution in [3.05, 3.63) is 18.2 Å². The molecule has 1 fully saturated rings. The van der Waals surface area contributed by atoms with Crippen molar-refractivity contribution in [2.75, 3.05) is 25.5 Å². The zero-order valence-corrected chi connectivity index (χ0v) is 15.3. The molecule has 0 aliphatic carbocycles. The van der Waals surface area contributed by atoms with Crippen molar-refractivity contribution in [3.8, 4) is 11.9 Å². The molecule has 1 atom stereocenters. The predicted octanol–water partition coefficient (Wildman–Crippen LogP) is 1.37. The molecule has 2 rings (SSSR count). The van der Waals surface area contributed by atoms with E-state index in [1.54, 1.807) is 5.32 Å². The summed E-state index contributed by atoms with van der Waals surface area (Å²) in [5, 5.41) is 10.4. The molecular weight excluding hydrogens is 408 g/mol. The largest absolute Gasteiger partial charge is 0.495 e. The van der Waals surface area contributed by atoms with Crippen LogP contribution >= 0.6 is 0 Å². The fourth-order valence-electron chi connectivity index (χ4n) is 2.51. The quantitative estimate of drug-likeness (QED) is 0.505. The van der Waals surface area contributed by atoms with Crippen molar-refractivity contribution in [2.45, 2.75) is 29.7 Å². The molecule has 1 aliphatic rings. The van der Waals surface area contributed by atoms with Crippen LogP contribution in [0, 0.1) is 11.5 Å². The number of hydrogen-bond donors (Lipinski definition) is 2. The monoisotopic (exact) mass is 424 g/mol. The molecule has 1 aromatic rings. The first-order valence-corrected chi connectivity index (χ1v) is 9.32. The van der Waals surface area contributed by atoms with Crippen LogP contribution in [-0.2, 0) is 14.8 Å². The second-order valence-electron chi connectivity index (χ2n) is 5.90. The lowest BCUT2D eigenvalue weighted by molar-refractivity contribution is -0.163. The Bertz CT molecular complexity index is 889. The average molecular weight is 424 g/mol. The molecular formula is C15H16F4N4O4S. The second-order valence-corrected chi connectivity index (χ2v) is 7.58. The van der Waals surface area contributed by atoms with Gasteiger partial charge in [-0.1, -0.05) is 0 Å². The minimum atomic E-state index is -4.94. The van der Waals surface area contributed by atoms with Crippen LogP contribution in [0.3, 0.4) is 0 Å². The molecule has 13 heteroatoms. The van der Waals surface area contributed by atoms with Gasteiger partial charge in [-0.15, -0.1) is 0 Å². The molecule has 0 unspecified atom stereocenters. The van der Waals surface area contributed by atoms with Gasteiger partial charge in [0.1, 0.15) is 10.6 Å². The highest BCUT2D eigenvalue weighted by Crippen LogP contribution is 2.30. The van der Waals surface area contributed by atoms with Crippen LogP contribution in [-0.4, -0.2) is 57.8 Å². The van der Waals surface area contributed by atoms with E-state index < -0.39 is 44.9 Å². The first-order chi connectivity index (χ1) is 13.0. The van der Waals surface area contributed by atoms with Gasteiger partial charge in [-0.2, -0.15) is 14.0 Å². The first kappa shape index (κ1) is 21.7. The third kappa shape index (κ3) is 4.63. The number of likely N-dealkylation sites (tertiary alicyclic amines) is 1. The topological polar surface area (TPSA) is 112 Å². The minimum Gasteiger partial charge on any atom is -0.495 e. The number of amides is 1. The molecule has 0 saturated carbocycles. The lowest BCUT2D eigenvalue weighted by Gasteiger charge is -2.17.